The van der Waals surface area contributed by atoms with Gasteiger partial charge >= 0.3 is 0 Å². The van der Waals surface area contributed by atoms with Crippen LogP contribution in [0.1, 0.15) is 42.5 Å². The molecule has 1 atom stereocenters. The van der Waals surface area contributed by atoms with Crippen molar-refractivity contribution in [3.05, 3.63) is 41.5 Å². The predicted octanol–water partition coefficient (Wildman–Crippen LogP) is 2.51. The van der Waals surface area contributed by atoms with Gasteiger partial charge < -0.3 is 10.6 Å². The standard InChI is InChI=1S/C19H26N6O/c1-13-7-6-9-17(21-13)24-18-11-15(22-14(2)23-18)16-8-4-5-10-25(16)12-19(26)20-3/h6-7,9,11,16H,4-5,8,10,12H2,1-3H3,(H,20,26)(H,21,22,23,24)/t16-/m0/s1. The quantitative estimate of drug-likeness (QED) is 0.858. The summed E-state index contributed by atoms with van der Waals surface area (Å²) in [5, 5.41) is 5.98. The first-order chi connectivity index (χ1) is 12.5. The summed E-state index contributed by atoms with van der Waals surface area (Å²) in [6.45, 7) is 5.15. The van der Waals surface area contributed by atoms with Crippen LogP contribution in [0.5, 0.6) is 0 Å². The molecule has 2 aromatic rings. The Morgan fingerprint density at radius 1 is 1.19 bits per heavy atom. The molecule has 138 valence electrons. The fourth-order valence-corrected chi connectivity index (χ4v) is 3.35. The Hall–Kier alpha value is -2.54. The van der Waals surface area contributed by atoms with E-state index >= 15 is 0 Å². The zero-order chi connectivity index (χ0) is 18.5. The number of hydrogen-bond donors (Lipinski definition) is 2. The van der Waals surface area contributed by atoms with Crippen LogP contribution in [-0.2, 0) is 4.79 Å². The van der Waals surface area contributed by atoms with Gasteiger partial charge in [-0.05, 0) is 45.4 Å². The first-order valence-electron chi connectivity index (χ1n) is 9.06. The highest BCUT2D eigenvalue weighted by molar-refractivity contribution is 5.77. The fourth-order valence-electron chi connectivity index (χ4n) is 3.35. The van der Waals surface area contributed by atoms with Gasteiger partial charge in [-0.25, -0.2) is 15.0 Å². The maximum Gasteiger partial charge on any atom is 0.233 e. The molecule has 1 amide bonds. The van der Waals surface area contributed by atoms with Gasteiger partial charge in [0, 0.05) is 18.8 Å². The smallest absolute Gasteiger partial charge is 0.233 e. The highest BCUT2D eigenvalue weighted by Gasteiger charge is 2.27. The number of aromatic nitrogens is 3. The lowest BCUT2D eigenvalue weighted by Gasteiger charge is -2.34. The summed E-state index contributed by atoms with van der Waals surface area (Å²) in [4.78, 5) is 27.7. The van der Waals surface area contributed by atoms with Crippen molar-refractivity contribution < 1.29 is 4.79 Å². The van der Waals surface area contributed by atoms with Crippen molar-refractivity contribution in [3.8, 4) is 0 Å². The van der Waals surface area contributed by atoms with Crippen LogP contribution in [0.15, 0.2) is 24.3 Å². The molecular weight excluding hydrogens is 328 g/mol. The molecule has 3 rings (SSSR count). The van der Waals surface area contributed by atoms with Gasteiger partial charge in [-0.2, -0.15) is 0 Å². The lowest BCUT2D eigenvalue weighted by molar-refractivity contribution is -0.122. The number of pyridine rings is 1. The minimum atomic E-state index is 0.0324. The van der Waals surface area contributed by atoms with Gasteiger partial charge in [-0.3, -0.25) is 9.69 Å². The minimum Gasteiger partial charge on any atom is -0.358 e. The molecule has 2 N–H and O–H groups in total. The van der Waals surface area contributed by atoms with Gasteiger partial charge in [0.15, 0.2) is 0 Å². The molecule has 0 radical (unpaired) electrons. The second kappa shape index (κ2) is 8.23. The second-order valence-corrected chi connectivity index (χ2v) is 6.67. The highest BCUT2D eigenvalue weighted by atomic mass is 16.1. The average Bonchev–Trinajstić information content (AvgIpc) is 2.61. The van der Waals surface area contributed by atoms with E-state index in [1.54, 1.807) is 7.05 Å². The van der Waals surface area contributed by atoms with Crippen molar-refractivity contribution in [2.24, 2.45) is 0 Å². The maximum atomic E-state index is 11.9. The van der Waals surface area contributed by atoms with Gasteiger partial charge in [0.1, 0.15) is 17.5 Å². The van der Waals surface area contributed by atoms with Crippen LogP contribution < -0.4 is 10.6 Å². The van der Waals surface area contributed by atoms with E-state index in [1.165, 1.54) is 0 Å². The van der Waals surface area contributed by atoms with Crippen LogP contribution in [0.25, 0.3) is 0 Å². The molecule has 0 spiro atoms. The van der Waals surface area contributed by atoms with Gasteiger partial charge in [-0.15, -0.1) is 0 Å². The lowest BCUT2D eigenvalue weighted by Crippen LogP contribution is -2.41. The zero-order valence-corrected chi connectivity index (χ0v) is 15.6. The summed E-state index contributed by atoms with van der Waals surface area (Å²) in [5.41, 5.74) is 1.90. The number of likely N-dealkylation sites (tertiary alicyclic amines) is 1. The molecule has 1 saturated heterocycles. The van der Waals surface area contributed by atoms with Crippen molar-refractivity contribution >= 4 is 17.5 Å². The number of rotatable bonds is 5. The maximum absolute atomic E-state index is 11.9. The van der Waals surface area contributed by atoms with E-state index in [1.807, 2.05) is 38.1 Å². The van der Waals surface area contributed by atoms with E-state index in [2.05, 4.69) is 30.5 Å². The number of carbonyl (C=O) groups excluding carboxylic acids is 1. The van der Waals surface area contributed by atoms with Crippen LogP contribution in [0.4, 0.5) is 11.6 Å². The Labute approximate surface area is 154 Å². The van der Waals surface area contributed by atoms with Crippen molar-refractivity contribution in [1.29, 1.82) is 0 Å². The van der Waals surface area contributed by atoms with Gasteiger partial charge in [0.25, 0.3) is 0 Å². The third-order valence-electron chi connectivity index (χ3n) is 4.58. The summed E-state index contributed by atoms with van der Waals surface area (Å²) in [7, 11) is 1.67. The Morgan fingerprint density at radius 2 is 2.04 bits per heavy atom. The number of aryl methyl sites for hydroxylation is 2. The molecule has 0 unspecified atom stereocenters. The van der Waals surface area contributed by atoms with E-state index in [0.29, 0.717) is 12.4 Å². The predicted molar refractivity (Wildman–Crippen MR) is 101 cm³/mol. The number of nitrogens with one attached hydrogen (secondary N) is 2. The summed E-state index contributed by atoms with van der Waals surface area (Å²) in [5.74, 6) is 2.24. The van der Waals surface area contributed by atoms with E-state index in [-0.39, 0.29) is 11.9 Å². The molecule has 3 heterocycles. The molecule has 1 aliphatic rings. The number of amides is 1. The molecule has 1 aliphatic heterocycles. The summed E-state index contributed by atoms with van der Waals surface area (Å²) in [6.07, 6.45) is 3.24. The Bertz CT molecular complexity index is 778. The SMILES string of the molecule is CNC(=O)CN1CCCC[C@H]1c1cc(Nc2cccc(C)n2)nc(C)n1. The van der Waals surface area contributed by atoms with Crippen molar-refractivity contribution in [2.75, 3.05) is 25.5 Å². The molecule has 0 saturated carbocycles. The zero-order valence-electron chi connectivity index (χ0n) is 15.6. The van der Waals surface area contributed by atoms with Gasteiger partial charge in [-0.1, -0.05) is 12.5 Å². The number of anilines is 2. The van der Waals surface area contributed by atoms with E-state index < -0.39 is 0 Å². The summed E-state index contributed by atoms with van der Waals surface area (Å²) >= 11 is 0. The molecule has 1 fully saturated rings. The monoisotopic (exact) mass is 354 g/mol. The van der Waals surface area contributed by atoms with E-state index in [9.17, 15) is 4.79 Å². The third kappa shape index (κ3) is 4.54. The molecular formula is C19H26N6O. The van der Waals surface area contributed by atoms with Crippen molar-refractivity contribution in [2.45, 2.75) is 39.2 Å². The minimum absolute atomic E-state index is 0.0324. The molecule has 26 heavy (non-hydrogen) atoms. The van der Waals surface area contributed by atoms with E-state index in [0.717, 1.165) is 48.8 Å². The van der Waals surface area contributed by atoms with Gasteiger partial charge in [0.2, 0.25) is 5.91 Å². The highest BCUT2D eigenvalue weighted by Crippen LogP contribution is 2.30. The van der Waals surface area contributed by atoms with Crippen LogP contribution in [0.3, 0.4) is 0 Å². The summed E-state index contributed by atoms with van der Waals surface area (Å²) in [6, 6.07) is 7.95. The summed E-state index contributed by atoms with van der Waals surface area (Å²) < 4.78 is 0. The topological polar surface area (TPSA) is 83.0 Å². The normalized spacial score (nSPS) is 17.7. The Kier molecular flexibility index (Phi) is 5.78. The molecule has 7 nitrogen and oxygen atoms in total. The first-order valence-corrected chi connectivity index (χ1v) is 9.06. The van der Waals surface area contributed by atoms with Crippen LogP contribution in [0.2, 0.25) is 0 Å². The fraction of sp³-hybridized carbons (Fsp3) is 0.474. The van der Waals surface area contributed by atoms with Crippen LogP contribution in [0, 0.1) is 13.8 Å². The van der Waals surface area contributed by atoms with Crippen LogP contribution in [-0.4, -0.2) is 45.9 Å². The number of piperidine rings is 1. The average molecular weight is 354 g/mol. The van der Waals surface area contributed by atoms with Crippen molar-refractivity contribution in [3.63, 3.8) is 0 Å². The first kappa shape index (κ1) is 18.3. The molecule has 0 bridgehead atoms. The van der Waals surface area contributed by atoms with Crippen molar-refractivity contribution in [1.82, 2.24) is 25.2 Å². The largest absolute Gasteiger partial charge is 0.358 e. The number of carbonyl (C=O) groups is 1. The molecule has 7 heteroatoms. The van der Waals surface area contributed by atoms with Gasteiger partial charge in [0.05, 0.1) is 18.3 Å². The Morgan fingerprint density at radius 3 is 2.81 bits per heavy atom. The third-order valence-corrected chi connectivity index (χ3v) is 4.58. The Balaban J connectivity index is 1.84. The lowest BCUT2D eigenvalue weighted by atomic mass is 9.99. The molecule has 0 aliphatic carbocycles. The van der Waals surface area contributed by atoms with E-state index in [4.69, 9.17) is 0 Å². The second-order valence-electron chi connectivity index (χ2n) is 6.67. The molecule has 0 aromatic carbocycles. The number of hydrogen-bond acceptors (Lipinski definition) is 6. The molecule has 2 aromatic heterocycles. The number of likely N-dealkylation sites (N-methyl/N-ethyl adjacent to an activating group) is 1. The number of nitrogens with zero attached hydrogens (tertiary/aromatic N) is 4. The van der Waals surface area contributed by atoms with Crippen LogP contribution >= 0.6 is 0 Å².